The first-order valence-electron chi connectivity index (χ1n) is 7.70. The minimum atomic E-state index is -0.504. The van der Waals surface area contributed by atoms with Crippen LogP contribution in [0.2, 0.25) is 0 Å². The smallest absolute Gasteiger partial charge is 0.346 e. The molecule has 1 aromatic heterocycles. The van der Waals surface area contributed by atoms with E-state index in [9.17, 15) is 9.59 Å². The summed E-state index contributed by atoms with van der Waals surface area (Å²) in [6, 6.07) is 11.2. The summed E-state index contributed by atoms with van der Waals surface area (Å²) in [5.74, 6) is -0.233. The first kappa shape index (κ1) is 14.5. The van der Waals surface area contributed by atoms with Gasteiger partial charge >= 0.3 is 5.69 Å². The lowest BCUT2D eigenvalue weighted by Crippen LogP contribution is -2.37. The van der Waals surface area contributed by atoms with Crippen molar-refractivity contribution in [3.05, 3.63) is 52.6 Å². The van der Waals surface area contributed by atoms with Gasteiger partial charge in [-0.3, -0.25) is 4.79 Å². The van der Waals surface area contributed by atoms with E-state index in [1.54, 1.807) is 6.07 Å². The Morgan fingerprint density at radius 1 is 1.14 bits per heavy atom. The maximum atomic E-state index is 12.3. The second kappa shape index (κ2) is 6.56. The molecule has 1 saturated carbocycles. The van der Waals surface area contributed by atoms with Crippen LogP contribution < -0.4 is 11.0 Å². The number of hydrogen-bond acceptors (Lipinski definition) is 3. The van der Waals surface area contributed by atoms with Crippen LogP contribution in [0.4, 0.5) is 0 Å². The van der Waals surface area contributed by atoms with Gasteiger partial charge in [0, 0.05) is 11.6 Å². The summed E-state index contributed by atoms with van der Waals surface area (Å²) in [5.41, 5.74) is 1.10. The van der Waals surface area contributed by atoms with Gasteiger partial charge in [-0.1, -0.05) is 49.6 Å². The molecule has 1 heterocycles. The highest BCUT2D eigenvalue weighted by atomic mass is 16.2. The number of rotatable bonds is 3. The molecule has 0 radical (unpaired) electrons. The van der Waals surface area contributed by atoms with Crippen LogP contribution in [0.25, 0.3) is 11.3 Å². The van der Waals surface area contributed by atoms with Gasteiger partial charge in [0.25, 0.3) is 5.91 Å². The minimum Gasteiger partial charge on any atom is -0.348 e. The number of carbonyl (C=O) groups is 1. The van der Waals surface area contributed by atoms with Crippen LogP contribution >= 0.6 is 0 Å². The Bertz CT molecular complexity index is 703. The molecule has 0 bridgehead atoms. The number of nitrogens with zero attached hydrogens (tertiary/aromatic N) is 1. The monoisotopic (exact) mass is 297 g/mol. The van der Waals surface area contributed by atoms with Crippen LogP contribution in [0.15, 0.2) is 41.2 Å². The highest BCUT2D eigenvalue weighted by Crippen LogP contribution is 2.18. The zero-order valence-electron chi connectivity index (χ0n) is 12.3. The number of aromatic amines is 1. The Hall–Kier alpha value is -2.43. The van der Waals surface area contributed by atoms with E-state index in [4.69, 9.17) is 0 Å². The molecule has 0 atom stereocenters. The third-order valence-electron chi connectivity index (χ3n) is 4.00. The molecule has 1 aliphatic carbocycles. The molecule has 2 N–H and O–H groups in total. The van der Waals surface area contributed by atoms with E-state index in [0.29, 0.717) is 5.69 Å². The van der Waals surface area contributed by atoms with E-state index in [1.165, 1.54) is 6.42 Å². The van der Waals surface area contributed by atoms with Crippen LogP contribution in [0.1, 0.15) is 42.6 Å². The molecular weight excluding hydrogens is 278 g/mol. The number of amides is 1. The van der Waals surface area contributed by atoms with Crippen molar-refractivity contribution in [3.63, 3.8) is 0 Å². The molecule has 1 fully saturated rings. The van der Waals surface area contributed by atoms with E-state index in [-0.39, 0.29) is 17.6 Å². The first-order valence-corrected chi connectivity index (χ1v) is 7.70. The average molecular weight is 297 g/mol. The lowest BCUT2D eigenvalue weighted by atomic mass is 9.95. The second-order valence-electron chi connectivity index (χ2n) is 5.66. The third-order valence-corrected chi connectivity index (χ3v) is 4.00. The van der Waals surface area contributed by atoms with Crippen LogP contribution in [0, 0.1) is 0 Å². The number of aromatic nitrogens is 2. The number of nitrogens with one attached hydrogen (secondary N) is 2. The second-order valence-corrected chi connectivity index (χ2v) is 5.66. The number of benzene rings is 1. The Balaban J connectivity index is 1.83. The zero-order chi connectivity index (χ0) is 15.4. The summed E-state index contributed by atoms with van der Waals surface area (Å²) in [5, 5.41) is 3.00. The summed E-state index contributed by atoms with van der Waals surface area (Å²) in [4.78, 5) is 30.5. The topological polar surface area (TPSA) is 74.8 Å². The molecule has 3 rings (SSSR count). The molecule has 5 heteroatoms. The predicted molar refractivity (Wildman–Crippen MR) is 84.6 cm³/mol. The normalized spacial score (nSPS) is 15.5. The molecule has 0 saturated heterocycles. The summed E-state index contributed by atoms with van der Waals surface area (Å²) >= 11 is 0. The molecule has 5 nitrogen and oxygen atoms in total. The molecular formula is C17H19N3O2. The summed E-state index contributed by atoms with van der Waals surface area (Å²) in [6.45, 7) is 0. The van der Waals surface area contributed by atoms with Crippen molar-refractivity contribution in [1.29, 1.82) is 0 Å². The van der Waals surface area contributed by atoms with Gasteiger partial charge in [-0.15, -0.1) is 0 Å². The van der Waals surface area contributed by atoms with Crippen molar-refractivity contribution in [2.24, 2.45) is 0 Å². The van der Waals surface area contributed by atoms with Crippen LogP contribution in [-0.2, 0) is 0 Å². The fourth-order valence-corrected chi connectivity index (χ4v) is 2.85. The van der Waals surface area contributed by atoms with Crippen molar-refractivity contribution < 1.29 is 4.79 Å². The lowest BCUT2D eigenvalue weighted by Gasteiger charge is -2.22. The number of carbonyl (C=O) groups excluding carboxylic acids is 1. The maximum Gasteiger partial charge on any atom is 0.346 e. The van der Waals surface area contributed by atoms with Crippen molar-refractivity contribution in [2.75, 3.05) is 0 Å². The van der Waals surface area contributed by atoms with Crippen molar-refractivity contribution in [1.82, 2.24) is 15.3 Å². The van der Waals surface area contributed by atoms with Gasteiger partial charge in [0.05, 0.1) is 5.69 Å². The lowest BCUT2D eigenvalue weighted by molar-refractivity contribution is 0.0922. The van der Waals surface area contributed by atoms with Crippen LogP contribution in [0.3, 0.4) is 0 Å². The van der Waals surface area contributed by atoms with E-state index < -0.39 is 5.69 Å². The molecule has 114 valence electrons. The van der Waals surface area contributed by atoms with Gasteiger partial charge in [0.2, 0.25) is 0 Å². The fraction of sp³-hybridized carbons (Fsp3) is 0.353. The summed E-state index contributed by atoms with van der Waals surface area (Å²) in [7, 11) is 0. The Morgan fingerprint density at radius 2 is 1.86 bits per heavy atom. The molecule has 0 unspecified atom stereocenters. The average Bonchev–Trinajstić information content (AvgIpc) is 2.56. The Morgan fingerprint density at radius 3 is 2.59 bits per heavy atom. The molecule has 0 spiro atoms. The van der Waals surface area contributed by atoms with Crippen molar-refractivity contribution in [3.8, 4) is 11.3 Å². The quantitative estimate of drug-likeness (QED) is 0.914. The van der Waals surface area contributed by atoms with Crippen molar-refractivity contribution >= 4 is 5.91 Å². The van der Waals surface area contributed by atoms with Gasteiger partial charge in [-0.2, -0.15) is 4.98 Å². The SMILES string of the molecule is O=C(NC1CCCCC1)c1cc(-c2ccccc2)nc(=O)[nH]1. The van der Waals surface area contributed by atoms with E-state index in [0.717, 1.165) is 31.2 Å². The minimum absolute atomic E-state index is 0.207. The molecule has 2 aromatic rings. The predicted octanol–water partition coefficient (Wildman–Crippen LogP) is 2.50. The Kier molecular flexibility index (Phi) is 4.32. The summed E-state index contributed by atoms with van der Waals surface area (Å²) in [6.07, 6.45) is 5.54. The first-order chi connectivity index (χ1) is 10.7. The number of hydrogen-bond donors (Lipinski definition) is 2. The highest BCUT2D eigenvalue weighted by molar-refractivity contribution is 5.93. The molecule has 1 aliphatic rings. The molecule has 1 aromatic carbocycles. The largest absolute Gasteiger partial charge is 0.348 e. The highest BCUT2D eigenvalue weighted by Gasteiger charge is 2.18. The van der Waals surface area contributed by atoms with Gasteiger partial charge < -0.3 is 10.3 Å². The third kappa shape index (κ3) is 3.42. The fourth-order valence-electron chi connectivity index (χ4n) is 2.85. The van der Waals surface area contributed by atoms with Crippen molar-refractivity contribution in [2.45, 2.75) is 38.1 Å². The van der Waals surface area contributed by atoms with Gasteiger partial charge in [0.15, 0.2) is 0 Å². The van der Waals surface area contributed by atoms with Gasteiger partial charge in [0.1, 0.15) is 5.69 Å². The maximum absolute atomic E-state index is 12.3. The van der Waals surface area contributed by atoms with Gasteiger partial charge in [-0.25, -0.2) is 4.79 Å². The Labute approximate surface area is 128 Å². The van der Waals surface area contributed by atoms with E-state index in [2.05, 4.69) is 15.3 Å². The van der Waals surface area contributed by atoms with Crippen LogP contribution in [-0.4, -0.2) is 21.9 Å². The van der Waals surface area contributed by atoms with E-state index >= 15 is 0 Å². The number of H-pyrrole nitrogens is 1. The molecule has 22 heavy (non-hydrogen) atoms. The van der Waals surface area contributed by atoms with Gasteiger partial charge in [-0.05, 0) is 18.9 Å². The zero-order valence-corrected chi connectivity index (χ0v) is 12.3. The van der Waals surface area contributed by atoms with E-state index in [1.807, 2.05) is 30.3 Å². The molecule has 0 aliphatic heterocycles. The molecule has 1 amide bonds. The standard InChI is InChI=1S/C17H19N3O2/c21-16(18-13-9-5-2-6-10-13)15-11-14(19-17(22)20-15)12-7-3-1-4-8-12/h1,3-4,7-8,11,13H,2,5-6,9-10H2,(H,18,21)(H,19,20,22). The summed E-state index contributed by atoms with van der Waals surface area (Å²) < 4.78 is 0. The van der Waals surface area contributed by atoms with Crippen LogP contribution in [0.5, 0.6) is 0 Å².